The van der Waals surface area contributed by atoms with E-state index in [1.54, 1.807) is 11.4 Å². The Morgan fingerprint density at radius 2 is 1.61 bits per heavy atom. The molecule has 8 nitrogen and oxygen atoms in total. The number of carbonyl (C=O) groups is 5. The SMILES string of the molecule is O=C1NC(=O)C(O)(C(=O)c2ccccc2)C1N1C(=O)C=CC1=O. The van der Waals surface area contributed by atoms with Crippen LogP contribution in [0.15, 0.2) is 42.5 Å². The van der Waals surface area contributed by atoms with Gasteiger partial charge in [-0.2, -0.15) is 0 Å². The average Bonchev–Trinajstić information content (AvgIpc) is 2.97. The van der Waals surface area contributed by atoms with Gasteiger partial charge >= 0.3 is 0 Å². The average molecular weight is 314 g/mol. The van der Waals surface area contributed by atoms with Crippen LogP contribution in [0.3, 0.4) is 0 Å². The van der Waals surface area contributed by atoms with Gasteiger partial charge in [0.15, 0.2) is 6.04 Å². The number of aliphatic hydroxyl groups is 1. The fourth-order valence-electron chi connectivity index (χ4n) is 2.60. The summed E-state index contributed by atoms with van der Waals surface area (Å²) in [5, 5.41) is 12.5. The van der Waals surface area contributed by atoms with Crippen molar-refractivity contribution >= 4 is 29.4 Å². The van der Waals surface area contributed by atoms with E-state index in [2.05, 4.69) is 0 Å². The largest absolute Gasteiger partial charge is 0.371 e. The zero-order valence-corrected chi connectivity index (χ0v) is 11.6. The van der Waals surface area contributed by atoms with Gasteiger partial charge in [-0.25, -0.2) is 0 Å². The Labute approximate surface area is 129 Å². The smallest absolute Gasteiger partial charge is 0.269 e. The number of nitrogens with zero attached hydrogens (tertiary/aromatic N) is 1. The highest BCUT2D eigenvalue weighted by Gasteiger charge is 2.64. The Hall–Kier alpha value is -3.13. The first-order chi connectivity index (χ1) is 10.9. The molecule has 1 aromatic carbocycles. The lowest BCUT2D eigenvalue weighted by atomic mass is 9.86. The Morgan fingerprint density at radius 3 is 2.17 bits per heavy atom. The van der Waals surface area contributed by atoms with E-state index in [4.69, 9.17) is 0 Å². The Balaban J connectivity index is 2.09. The van der Waals surface area contributed by atoms with Crippen molar-refractivity contribution in [1.82, 2.24) is 10.2 Å². The second-order valence-corrected chi connectivity index (χ2v) is 5.06. The summed E-state index contributed by atoms with van der Waals surface area (Å²) in [5.41, 5.74) is -2.90. The number of imide groups is 2. The quantitative estimate of drug-likeness (QED) is 0.400. The number of benzene rings is 1. The molecule has 0 spiro atoms. The van der Waals surface area contributed by atoms with Crippen molar-refractivity contribution in [3.05, 3.63) is 48.0 Å². The highest BCUT2D eigenvalue weighted by Crippen LogP contribution is 2.29. The normalized spacial score (nSPS) is 26.8. The minimum Gasteiger partial charge on any atom is -0.371 e. The van der Waals surface area contributed by atoms with E-state index in [-0.39, 0.29) is 5.56 Å². The summed E-state index contributed by atoms with van der Waals surface area (Å²) in [6.07, 6.45) is 1.79. The molecule has 3 rings (SSSR count). The van der Waals surface area contributed by atoms with E-state index in [0.29, 0.717) is 4.90 Å². The molecule has 1 aromatic rings. The van der Waals surface area contributed by atoms with Crippen LogP contribution in [0.5, 0.6) is 0 Å². The number of hydrogen-bond acceptors (Lipinski definition) is 6. The molecule has 2 heterocycles. The maximum Gasteiger partial charge on any atom is 0.269 e. The Kier molecular flexibility index (Phi) is 3.19. The maximum atomic E-state index is 12.6. The third kappa shape index (κ3) is 2.00. The van der Waals surface area contributed by atoms with Crippen LogP contribution in [-0.4, -0.2) is 51.1 Å². The molecule has 2 aliphatic heterocycles. The molecule has 4 amide bonds. The molecule has 2 N–H and O–H groups in total. The highest BCUT2D eigenvalue weighted by molar-refractivity contribution is 6.29. The van der Waals surface area contributed by atoms with Gasteiger partial charge in [0.25, 0.3) is 23.6 Å². The van der Waals surface area contributed by atoms with E-state index < -0.39 is 41.1 Å². The van der Waals surface area contributed by atoms with Crippen LogP contribution in [0.2, 0.25) is 0 Å². The van der Waals surface area contributed by atoms with Crippen molar-refractivity contribution in [1.29, 1.82) is 0 Å². The second-order valence-electron chi connectivity index (χ2n) is 5.06. The van der Waals surface area contributed by atoms with Crippen LogP contribution in [0.1, 0.15) is 10.4 Å². The molecule has 0 aliphatic carbocycles. The Bertz CT molecular complexity index is 766. The molecule has 8 heteroatoms. The number of Topliss-reactive ketones (excluding diaryl/α,β-unsaturated/α-hetero) is 1. The molecule has 2 atom stereocenters. The third-order valence-electron chi connectivity index (χ3n) is 3.71. The number of rotatable bonds is 3. The van der Waals surface area contributed by atoms with Gasteiger partial charge in [-0.1, -0.05) is 30.3 Å². The van der Waals surface area contributed by atoms with Crippen molar-refractivity contribution in [3.8, 4) is 0 Å². The summed E-state index contributed by atoms with van der Waals surface area (Å²) in [7, 11) is 0. The molecule has 0 saturated carbocycles. The first kappa shape index (κ1) is 14.8. The van der Waals surface area contributed by atoms with E-state index in [0.717, 1.165) is 12.2 Å². The van der Waals surface area contributed by atoms with Gasteiger partial charge in [0.05, 0.1) is 0 Å². The molecule has 1 fully saturated rings. The van der Waals surface area contributed by atoms with Crippen molar-refractivity contribution in [2.24, 2.45) is 0 Å². The second kappa shape index (κ2) is 4.96. The first-order valence-electron chi connectivity index (χ1n) is 6.60. The predicted octanol–water partition coefficient (Wildman–Crippen LogP) is -1.45. The van der Waals surface area contributed by atoms with Crippen LogP contribution < -0.4 is 5.32 Å². The predicted molar refractivity (Wildman–Crippen MR) is 73.7 cm³/mol. The molecule has 2 unspecified atom stereocenters. The van der Waals surface area contributed by atoms with Crippen molar-refractivity contribution in [2.45, 2.75) is 11.6 Å². The lowest BCUT2D eigenvalue weighted by Gasteiger charge is -2.29. The zero-order chi connectivity index (χ0) is 16.8. The number of nitrogens with one attached hydrogen (secondary N) is 1. The lowest BCUT2D eigenvalue weighted by Crippen LogP contribution is -2.61. The number of amides is 4. The highest BCUT2D eigenvalue weighted by atomic mass is 16.3. The van der Waals surface area contributed by atoms with E-state index in [9.17, 15) is 29.1 Å². The minimum absolute atomic E-state index is 0.0306. The molecule has 1 saturated heterocycles. The summed E-state index contributed by atoms with van der Waals surface area (Å²) in [6, 6.07) is 5.38. The zero-order valence-electron chi connectivity index (χ0n) is 11.6. The molecule has 2 aliphatic rings. The molecule has 0 aromatic heterocycles. The topological polar surface area (TPSA) is 121 Å². The summed E-state index contributed by atoms with van der Waals surface area (Å²) in [5.74, 6) is -5.20. The van der Waals surface area contributed by atoms with Gasteiger partial charge in [0, 0.05) is 17.7 Å². The number of ketones is 1. The van der Waals surface area contributed by atoms with Gasteiger partial charge in [0.1, 0.15) is 0 Å². The molecule has 0 radical (unpaired) electrons. The first-order valence-corrected chi connectivity index (χ1v) is 6.60. The van der Waals surface area contributed by atoms with Crippen LogP contribution in [0.25, 0.3) is 0 Å². The van der Waals surface area contributed by atoms with Gasteiger partial charge in [-0.05, 0) is 0 Å². The lowest BCUT2D eigenvalue weighted by molar-refractivity contribution is -0.150. The summed E-state index contributed by atoms with van der Waals surface area (Å²) >= 11 is 0. The van der Waals surface area contributed by atoms with Gasteiger partial charge < -0.3 is 5.11 Å². The number of hydrogen-bond donors (Lipinski definition) is 2. The summed E-state index contributed by atoms with van der Waals surface area (Å²) in [4.78, 5) is 60.6. The molecule has 116 valence electrons. The van der Waals surface area contributed by atoms with Crippen molar-refractivity contribution < 1.29 is 29.1 Å². The minimum atomic E-state index is -2.87. The van der Waals surface area contributed by atoms with Gasteiger partial charge in [-0.3, -0.25) is 34.2 Å². The van der Waals surface area contributed by atoms with E-state index in [1.807, 2.05) is 0 Å². The molecular weight excluding hydrogens is 304 g/mol. The summed E-state index contributed by atoms with van der Waals surface area (Å²) < 4.78 is 0. The molecule has 23 heavy (non-hydrogen) atoms. The maximum absolute atomic E-state index is 12.6. The standard InChI is InChI=1S/C15H10N2O6/c18-9-6-7-10(19)17(9)11-13(21)16-14(22)15(11,23)12(20)8-4-2-1-3-5-8/h1-7,11,23H,(H,16,21,22). The molecule has 0 bridgehead atoms. The third-order valence-corrected chi connectivity index (χ3v) is 3.71. The van der Waals surface area contributed by atoms with Gasteiger partial charge in [0.2, 0.25) is 11.4 Å². The Morgan fingerprint density at radius 1 is 1.04 bits per heavy atom. The van der Waals surface area contributed by atoms with Gasteiger partial charge in [-0.15, -0.1) is 0 Å². The monoisotopic (exact) mass is 314 g/mol. The fourth-order valence-corrected chi connectivity index (χ4v) is 2.60. The van der Waals surface area contributed by atoms with Crippen LogP contribution >= 0.6 is 0 Å². The van der Waals surface area contributed by atoms with Crippen molar-refractivity contribution in [3.63, 3.8) is 0 Å². The van der Waals surface area contributed by atoms with Crippen LogP contribution in [0.4, 0.5) is 0 Å². The number of carbonyl (C=O) groups excluding carboxylic acids is 5. The van der Waals surface area contributed by atoms with E-state index in [1.165, 1.54) is 24.3 Å². The molecular formula is C15H10N2O6. The van der Waals surface area contributed by atoms with E-state index >= 15 is 0 Å². The van der Waals surface area contributed by atoms with Crippen molar-refractivity contribution in [2.75, 3.05) is 0 Å². The van der Waals surface area contributed by atoms with Crippen LogP contribution in [0, 0.1) is 0 Å². The fraction of sp³-hybridized carbons (Fsp3) is 0.133. The summed E-state index contributed by atoms with van der Waals surface area (Å²) in [6.45, 7) is 0. The van der Waals surface area contributed by atoms with Crippen LogP contribution in [-0.2, 0) is 19.2 Å².